The van der Waals surface area contributed by atoms with Crippen LogP contribution in [0.25, 0.3) is 0 Å². The first kappa shape index (κ1) is 22.5. The predicted molar refractivity (Wildman–Crippen MR) is 95.2 cm³/mol. The molecule has 25 heavy (non-hydrogen) atoms. The number of carbonyl (C=O) groups is 1. The Morgan fingerprint density at radius 2 is 1.52 bits per heavy atom. The van der Waals surface area contributed by atoms with Gasteiger partial charge < -0.3 is 25.2 Å². The SMILES string of the molecule is CCCCCCCCCCCC(=O)C[C@H]1O[C@@H]([C@H](O)CO)[C@H](O)[C@H]1O. The maximum Gasteiger partial charge on any atom is 0.135 e. The molecule has 5 atom stereocenters. The Morgan fingerprint density at radius 3 is 2.08 bits per heavy atom. The van der Waals surface area contributed by atoms with E-state index in [0.717, 1.165) is 19.3 Å². The molecular formula is C19H36O6. The van der Waals surface area contributed by atoms with Gasteiger partial charge in [0.25, 0.3) is 0 Å². The fourth-order valence-corrected chi connectivity index (χ4v) is 3.33. The van der Waals surface area contributed by atoms with Crippen LogP contribution in [0.2, 0.25) is 0 Å². The average molecular weight is 360 g/mol. The highest BCUT2D eigenvalue weighted by molar-refractivity contribution is 5.79. The van der Waals surface area contributed by atoms with Gasteiger partial charge in [0.15, 0.2) is 0 Å². The molecule has 0 saturated carbocycles. The second-order valence-electron chi connectivity index (χ2n) is 7.19. The number of aliphatic hydroxyl groups is 4. The number of ketones is 1. The minimum atomic E-state index is -1.28. The molecule has 6 heteroatoms. The summed E-state index contributed by atoms with van der Waals surface area (Å²) in [5, 5.41) is 38.3. The van der Waals surface area contributed by atoms with Crippen LogP contribution in [0.4, 0.5) is 0 Å². The lowest BCUT2D eigenvalue weighted by Gasteiger charge is -2.18. The van der Waals surface area contributed by atoms with E-state index in [4.69, 9.17) is 9.84 Å². The molecule has 0 aromatic carbocycles. The molecule has 148 valence electrons. The number of unbranched alkanes of at least 4 members (excludes halogenated alkanes) is 8. The number of rotatable bonds is 14. The van der Waals surface area contributed by atoms with Gasteiger partial charge in [-0.2, -0.15) is 0 Å². The van der Waals surface area contributed by atoms with Crippen molar-refractivity contribution in [1.29, 1.82) is 0 Å². The molecule has 1 rings (SSSR count). The quantitative estimate of drug-likeness (QED) is 0.351. The van der Waals surface area contributed by atoms with E-state index >= 15 is 0 Å². The van der Waals surface area contributed by atoms with E-state index in [1.165, 1.54) is 38.5 Å². The van der Waals surface area contributed by atoms with Crippen LogP contribution in [-0.2, 0) is 9.53 Å². The molecule has 1 heterocycles. The molecule has 1 fully saturated rings. The van der Waals surface area contributed by atoms with Crippen LogP contribution in [0.15, 0.2) is 0 Å². The van der Waals surface area contributed by atoms with Crippen LogP contribution in [0, 0.1) is 0 Å². The van der Waals surface area contributed by atoms with E-state index < -0.39 is 37.1 Å². The molecule has 0 aliphatic carbocycles. The zero-order chi connectivity index (χ0) is 18.7. The van der Waals surface area contributed by atoms with Crippen molar-refractivity contribution in [3.05, 3.63) is 0 Å². The number of hydrogen-bond donors (Lipinski definition) is 4. The third-order valence-electron chi connectivity index (χ3n) is 4.95. The zero-order valence-corrected chi connectivity index (χ0v) is 15.5. The first-order valence-electron chi connectivity index (χ1n) is 9.83. The molecule has 1 aliphatic rings. The van der Waals surface area contributed by atoms with Crippen LogP contribution < -0.4 is 0 Å². The van der Waals surface area contributed by atoms with Gasteiger partial charge >= 0.3 is 0 Å². The van der Waals surface area contributed by atoms with Crippen molar-refractivity contribution in [2.75, 3.05) is 6.61 Å². The van der Waals surface area contributed by atoms with E-state index in [2.05, 4.69) is 6.92 Å². The lowest BCUT2D eigenvalue weighted by Crippen LogP contribution is -2.40. The van der Waals surface area contributed by atoms with E-state index in [-0.39, 0.29) is 12.2 Å². The number of Topliss-reactive ketones (excluding diaryl/α,β-unsaturated/α-hetero) is 1. The molecule has 6 nitrogen and oxygen atoms in total. The van der Waals surface area contributed by atoms with Crippen LogP contribution in [0.3, 0.4) is 0 Å². The highest BCUT2D eigenvalue weighted by Gasteiger charge is 2.46. The van der Waals surface area contributed by atoms with Crippen molar-refractivity contribution in [2.45, 2.75) is 108 Å². The molecule has 0 radical (unpaired) electrons. The summed E-state index contributed by atoms with van der Waals surface area (Å²) in [6.45, 7) is 1.65. The van der Waals surface area contributed by atoms with Gasteiger partial charge in [-0.25, -0.2) is 0 Å². The third-order valence-corrected chi connectivity index (χ3v) is 4.95. The maximum atomic E-state index is 12.0. The topological polar surface area (TPSA) is 107 Å². The van der Waals surface area contributed by atoms with Crippen LogP contribution in [-0.4, -0.2) is 63.3 Å². The summed E-state index contributed by atoms with van der Waals surface area (Å²) in [5.74, 6) is -0.00154. The Morgan fingerprint density at radius 1 is 0.960 bits per heavy atom. The van der Waals surface area contributed by atoms with E-state index in [1.54, 1.807) is 0 Å². The molecule has 0 aromatic heterocycles. The summed E-state index contributed by atoms with van der Waals surface area (Å²) in [5.41, 5.74) is 0. The highest BCUT2D eigenvalue weighted by atomic mass is 16.6. The average Bonchev–Trinajstić information content (AvgIpc) is 2.88. The van der Waals surface area contributed by atoms with Gasteiger partial charge in [-0.3, -0.25) is 4.79 Å². The standard InChI is InChI=1S/C19H36O6/c1-2-3-4-5-6-7-8-9-10-11-14(21)12-16-17(23)18(24)19(25-16)15(22)13-20/h15-20,22-24H,2-13H2,1H3/t15-,16-,17+,18-,19+/m1/s1. The normalized spacial score (nSPS) is 27.6. The molecule has 1 saturated heterocycles. The van der Waals surface area contributed by atoms with Crippen molar-refractivity contribution in [3.63, 3.8) is 0 Å². The summed E-state index contributed by atoms with van der Waals surface area (Å²) in [7, 11) is 0. The summed E-state index contributed by atoms with van der Waals surface area (Å²) in [6, 6.07) is 0. The predicted octanol–water partition coefficient (Wildman–Crippen LogP) is 1.71. The fraction of sp³-hybridized carbons (Fsp3) is 0.947. The maximum absolute atomic E-state index is 12.0. The minimum Gasteiger partial charge on any atom is -0.394 e. The molecule has 0 unspecified atom stereocenters. The Labute approximate surface area is 151 Å². The van der Waals surface area contributed by atoms with E-state index in [9.17, 15) is 20.1 Å². The highest BCUT2D eigenvalue weighted by Crippen LogP contribution is 2.26. The van der Waals surface area contributed by atoms with Crippen molar-refractivity contribution in [1.82, 2.24) is 0 Å². The lowest BCUT2D eigenvalue weighted by molar-refractivity contribution is -0.125. The van der Waals surface area contributed by atoms with Gasteiger partial charge in [0.2, 0.25) is 0 Å². The van der Waals surface area contributed by atoms with Gasteiger partial charge in [0.05, 0.1) is 12.7 Å². The number of aliphatic hydroxyl groups excluding tert-OH is 4. The Bertz CT molecular complexity index is 362. The van der Waals surface area contributed by atoms with Crippen molar-refractivity contribution >= 4 is 5.78 Å². The van der Waals surface area contributed by atoms with Crippen molar-refractivity contribution in [3.8, 4) is 0 Å². The van der Waals surface area contributed by atoms with Crippen molar-refractivity contribution in [2.24, 2.45) is 0 Å². The molecular weight excluding hydrogens is 324 g/mol. The van der Waals surface area contributed by atoms with Gasteiger partial charge in [-0.1, -0.05) is 58.3 Å². The van der Waals surface area contributed by atoms with Crippen LogP contribution in [0.5, 0.6) is 0 Å². The summed E-state index contributed by atoms with van der Waals surface area (Å²) in [6.07, 6.45) is 5.55. The number of carbonyl (C=O) groups excluding carboxylic acids is 1. The molecule has 0 spiro atoms. The van der Waals surface area contributed by atoms with E-state index in [1.807, 2.05) is 0 Å². The van der Waals surface area contributed by atoms with Gasteiger partial charge in [0.1, 0.15) is 30.2 Å². The summed E-state index contributed by atoms with van der Waals surface area (Å²) < 4.78 is 5.37. The largest absolute Gasteiger partial charge is 0.394 e. The molecule has 4 N–H and O–H groups in total. The molecule has 1 aliphatic heterocycles. The van der Waals surface area contributed by atoms with Gasteiger partial charge in [-0.15, -0.1) is 0 Å². The van der Waals surface area contributed by atoms with Gasteiger partial charge in [-0.05, 0) is 6.42 Å². The Kier molecular flexibility index (Phi) is 11.5. The Hall–Kier alpha value is -0.530. The lowest BCUT2D eigenvalue weighted by atomic mass is 9.99. The molecule has 0 aromatic rings. The smallest absolute Gasteiger partial charge is 0.135 e. The summed E-state index contributed by atoms with van der Waals surface area (Å²) in [4.78, 5) is 12.0. The second kappa shape index (κ2) is 12.8. The van der Waals surface area contributed by atoms with E-state index in [0.29, 0.717) is 6.42 Å². The Balaban J connectivity index is 2.12. The second-order valence-corrected chi connectivity index (χ2v) is 7.19. The van der Waals surface area contributed by atoms with Crippen molar-refractivity contribution < 1.29 is 30.0 Å². The number of ether oxygens (including phenoxy) is 1. The first-order chi connectivity index (χ1) is 12.0. The molecule has 0 bridgehead atoms. The minimum absolute atomic E-state index is 0.00154. The first-order valence-corrected chi connectivity index (χ1v) is 9.83. The fourth-order valence-electron chi connectivity index (χ4n) is 3.33. The monoisotopic (exact) mass is 360 g/mol. The third kappa shape index (κ3) is 8.13. The number of hydrogen-bond acceptors (Lipinski definition) is 6. The van der Waals surface area contributed by atoms with Crippen LogP contribution >= 0.6 is 0 Å². The molecule has 0 amide bonds. The van der Waals surface area contributed by atoms with Gasteiger partial charge in [0, 0.05) is 12.8 Å². The van der Waals surface area contributed by atoms with Crippen LogP contribution in [0.1, 0.15) is 77.6 Å². The summed E-state index contributed by atoms with van der Waals surface area (Å²) >= 11 is 0. The zero-order valence-electron chi connectivity index (χ0n) is 15.5.